The number of thioether (sulfide) groups is 2. The average Bonchev–Trinajstić information content (AvgIpc) is 3.08. The molecule has 0 spiro atoms. The van der Waals surface area contributed by atoms with Crippen molar-refractivity contribution in [3.8, 4) is 11.4 Å². The molecule has 2 aromatic rings. The Morgan fingerprint density at radius 3 is 2.85 bits per heavy atom. The van der Waals surface area contributed by atoms with Crippen LogP contribution >= 0.6 is 23.5 Å². The Hall–Kier alpha value is -1.27. The zero-order valence-electron chi connectivity index (χ0n) is 11.0. The lowest BCUT2D eigenvalue weighted by molar-refractivity contribution is -0.117. The van der Waals surface area contributed by atoms with Crippen molar-refractivity contribution in [3.63, 3.8) is 0 Å². The first-order valence-electron chi connectivity index (χ1n) is 6.45. The standard InChI is InChI=1S/C14H14N2O2S2/c1-2-20-10-5-3-9(4-6-10)13-15-14(18-16-13)11-7-19-8-12(11)17/h3-6,11H,2,7-8H2,1H3. The summed E-state index contributed by atoms with van der Waals surface area (Å²) in [5.74, 6) is 3.29. The largest absolute Gasteiger partial charge is 0.338 e. The number of benzene rings is 1. The molecular weight excluding hydrogens is 292 g/mol. The molecule has 6 heteroatoms. The molecule has 1 aliphatic rings. The first kappa shape index (κ1) is 13.7. The van der Waals surface area contributed by atoms with Gasteiger partial charge in [-0.1, -0.05) is 12.1 Å². The predicted molar refractivity (Wildman–Crippen MR) is 81.2 cm³/mol. The van der Waals surface area contributed by atoms with Gasteiger partial charge in [0.15, 0.2) is 5.78 Å². The molecule has 20 heavy (non-hydrogen) atoms. The lowest BCUT2D eigenvalue weighted by Gasteiger charge is -1.99. The van der Waals surface area contributed by atoms with Gasteiger partial charge in [-0.25, -0.2) is 0 Å². The van der Waals surface area contributed by atoms with E-state index >= 15 is 0 Å². The second kappa shape index (κ2) is 6.01. The van der Waals surface area contributed by atoms with Gasteiger partial charge in [0.05, 0.1) is 5.75 Å². The SMILES string of the molecule is CCSc1ccc(-c2noc(C3CSCC3=O)n2)cc1. The van der Waals surface area contributed by atoms with Gasteiger partial charge in [-0.05, 0) is 30.0 Å². The van der Waals surface area contributed by atoms with Gasteiger partial charge in [0.1, 0.15) is 5.92 Å². The Balaban J connectivity index is 1.80. The first-order chi connectivity index (χ1) is 9.78. The van der Waals surface area contributed by atoms with Crippen LogP contribution in [0.1, 0.15) is 18.7 Å². The molecule has 104 valence electrons. The highest BCUT2D eigenvalue weighted by Crippen LogP contribution is 2.30. The van der Waals surface area contributed by atoms with Crippen LogP contribution in [0.5, 0.6) is 0 Å². The molecule has 2 heterocycles. The van der Waals surface area contributed by atoms with Crippen molar-refractivity contribution in [1.82, 2.24) is 10.1 Å². The summed E-state index contributed by atoms with van der Waals surface area (Å²) in [5, 5.41) is 3.99. The molecule has 1 fully saturated rings. The highest BCUT2D eigenvalue weighted by atomic mass is 32.2. The van der Waals surface area contributed by atoms with Gasteiger partial charge >= 0.3 is 0 Å². The summed E-state index contributed by atoms with van der Waals surface area (Å²) in [6.07, 6.45) is 0. The van der Waals surface area contributed by atoms with Crippen molar-refractivity contribution in [2.45, 2.75) is 17.7 Å². The third-order valence-corrected chi connectivity index (χ3v) is 5.03. The van der Waals surface area contributed by atoms with Gasteiger partial charge in [0.2, 0.25) is 11.7 Å². The maximum absolute atomic E-state index is 11.7. The summed E-state index contributed by atoms with van der Waals surface area (Å²) in [7, 11) is 0. The number of Topliss-reactive ketones (excluding diaryl/α,β-unsaturated/α-hetero) is 1. The Labute approximate surface area is 125 Å². The average molecular weight is 306 g/mol. The van der Waals surface area contributed by atoms with Crippen LogP contribution in [0.4, 0.5) is 0 Å². The van der Waals surface area contributed by atoms with Gasteiger partial charge < -0.3 is 4.52 Å². The molecule has 4 nitrogen and oxygen atoms in total. The van der Waals surface area contributed by atoms with Gasteiger partial charge in [-0.15, -0.1) is 11.8 Å². The molecule has 1 unspecified atom stereocenters. The van der Waals surface area contributed by atoms with E-state index in [2.05, 4.69) is 29.2 Å². The van der Waals surface area contributed by atoms with E-state index < -0.39 is 0 Å². The molecule has 3 rings (SSSR count). The lowest BCUT2D eigenvalue weighted by Crippen LogP contribution is -2.09. The number of hydrogen-bond acceptors (Lipinski definition) is 6. The number of hydrogen-bond donors (Lipinski definition) is 0. The minimum atomic E-state index is -0.226. The Bertz CT molecular complexity index is 610. The van der Waals surface area contributed by atoms with E-state index in [4.69, 9.17) is 4.52 Å². The molecule has 1 atom stereocenters. The van der Waals surface area contributed by atoms with Crippen LogP contribution in [0.15, 0.2) is 33.7 Å². The minimum absolute atomic E-state index is 0.180. The summed E-state index contributed by atoms with van der Waals surface area (Å²) < 4.78 is 5.25. The monoisotopic (exact) mass is 306 g/mol. The van der Waals surface area contributed by atoms with E-state index in [1.165, 1.54) is 4.90 Å². The molecule has 1 aliphatic heterocycles. The molecule has 0 aliphatic carbocycles. The quantitative estimate of drug-likeness (QED) is 0.808. The van der Waals surface area contributed by atoms with Crippen LogP contribution in [0.25, 0.3) is 11.4 Å². The van der Waals surface area contributed by atoms with E-state index in [9.17, 15) is 4.79 Å². The van der Waals surface area contributed by atoms with Crippen LogP contribution in [0.3, 0.4) is 0 Å². The van der Waals surface area contributed by atoms with E-state index in [-0.39, 0.29) is 11.7 Å². The van der Waals surface area contributed by atoms with Crippen LogP contribution in [-0.4, -0.2) is 33.2 Å². The summed E-state index contributed by atoms with van der Waals surface area (Å²) in [6.45, 7) is 2.13. The maximum atomic E-state index is 11.7. The van der Waals surface area contributed by atoms with Crippen molar-refractivity contribution in [3.05, 3.63) is 30.2 Å². The van der Waals surface area contributed by atoms with Crippen molar-refractivity contribution >= 4 is 29.3 Å². The summed E-state index contributed by atoms with van der Waals surface area (Å²) in [4.78, 5) is 17.3. The van der Waals surface area contributed by atoms with Gasteiger partial charge in [0.25, 0.3) is 0 Å². The fourth-order valence-electron chi connectivity index (χ4n) is 2.04. The highest BCUT2D eigenvalue weighted by Gasteiger charge is 2.31. The fraction of sp³-hybridized carbons (Fsp3) is 0.357. The van der Waals surface area contributed by atoms with E-state index in [0.29, 0.717) is 17.5 Å². The van der Waals surface area contributed by atoms with E-state index in [0.717, 1.165) is 17.1 Å². The van der Waals surface area contributed by atoms with Crippen molar-refractivity contribution < 1.29 is 9.32 Å². The smallest absolute Gasteiger partial charge is 0.238 e. The van der Waals surface area contributed by atoms with Crippen molar-refractivity contribution in [2.75, 3.05) is 17.3 Å². The second-order valence-electron chi connectivity index (χ2n) is 4.45. The van der Waals surface area contributed by atoms with Gasteiger partial charge in [-0.3, -0.25) is 4.79 Å². The first-order valence-corrected chi connectivity index (χ1v) is 8.59. The summed E-state index contributed by atoms with van der Waals surface area (Å²) >= 11 is 3.41. The summed E-state index contributed by atoms with van der Waals surface area (Å²) in [5.41, 5.74) is 0.915. The number of aromatic nitrogens is 2. The molecule has 0 N–H and O–H groups in total. The molecule has 0 saturated carbocycles. The normalized spacial score (nSPS) is 18.6. The Kier molecular flexibility index (Phi) is 4.12. The maximum Gasteiger partial charge on any atom is 0.238 e. The fourth-order valence-corrected chi connectivity index (χ4v) is 3.79. The molecule has 0 amide bonds. The Morgan fingerprint density at radius 1 is 1.40 bits per heavy atom. The van der Waals surface area contributed by atoms with E-state index in [1.807, 2.05) is 12.1 Å². The molecule has 1 saturated heterocycles. The lowest BCUT2D eigenvalue weighted by atomic mass is 10.1. The number of rotatable bonds is 4. The number of nitrogens with zero attached hydrogens (tertiary/aromatic N) is 2. The molecule has 1 aromatic heterocycles. The van der Waals surface area contributed by atoms with Crippen LogP contribution < -0.4 is 0 Å². The zero-order valence-corrected chi connectivity index (χ0v) is 12.7. The van der Waals surface area contributed by atoms with Gasteiger partial charge in [0, 0.05) is 16.2 Å². The number of carbonyl (C=O) groups is 1. The molecule has 0 radical (unpaired) electrons. The van der Waals surface area contributed by atoms with Crippen molar-refractivity contribution in [2.24, 2.45) is 0 Å². The molecule has 1 aromatic carbocycles. The van der Waals surface area contributed by atoms with Gasteiger partial charge in [-0.2, -0.15) is 16.7 Å². The molecular formula is C14H14N2O2S2. The third-order valence-electron chi connectivity index (χ3n) is 3.08. The predicted octanol–water partition coefficient (Wildman–Crippen LogP) is 3.25. The van der Waals surface area contributed by atoms with Crippen molar-refractivity contribution in [1.29, 1.82) is 0 Å². The minimum Gasteiger partial charge on any atom is -0.338 e. The van der Waals surface area contributed by atoms with Crippen LogP contribution in [0, 0.1) is 0 Å². The third kappa shape index (κ3) is 2.76. The number of carbonyl (C=O) groups excluding carboxylic acids is 1. The highest BCUT2D eigenvalue weighted by molar-refractivity contribution is 8.00. The second-order valence-corrected chi connectivity index (χ2v) is 6.82. The van der Waals surface area contributed by atoms with E-state index in [1.54, 1.807) is 23.5 Å². The van der Waals surface area contributed by atoms with Crippen LogP contribution in [0.2, 0.25) is 0 Å². The zero-order chi connectivity index (χ0) is 13.9. The molecule has 0 bridgehead atoms. The summed E-state index contributed by atoms with van der Waals surface area (Å²) in [6, 6.07) is 8.07. The topological polar surface area (TPSA) is 56.0 Å². The number of ketones is 1. The Morgan fingerprint density at radius 2 is 2.20 bits per heavy atom. The van der Waals surface area contributed by atoms with Crippen LogP contribution in [-0.2, 0) is 4.79 Å².